The minimum Gasteiger partial charge on any atom is -0.484 e. The Labute approximate surface area is 219 Å². The lowest BCUT2D eigenvalue weighted by atomic mass is 10.1. The van der Waals surface area contributed by atoms with Crippen molar-refractivity contribution in [2.24, 2.45) is 5.10 Å². The van der Waals surface area contributed by atoms with Crippen molar-refractivity contribution in [3.8, 4) is 11.8 Å². The van der Waals surface area contributed by atoms with Crippen LogP contribution in [0.2, 0.25) is 0 Å². The third-order valence-corrected chi connectivity index (χ3v) is 5.88. The van der Waals surface area contributed by atoms with Crippen LogP contribution in [-0.4, -0.2) is 42.5 Å². The van der Waals surface area contributed by atoms with Crippen LogP contribution in [0.15, 0.2) is 64.7 Å². The fourth-order valence-corrected chi connectivity index (χ4v) is 4.13. The molecule has 1 aromatic heterocycles. The molecule has 3 rings (SSSR count). The van der Waals surface area contributed by atoms with Crippen molar-refractivity contribution < 1.29 is 19.1 Å². The highest BCUT2D eigenvalue weighted by molar-refractivity contribution is 8.00. The number of hydrogen-bond donors (Lipinski definition) is 2. The van der Waals surface area contributed by atoms with Gasteiger partial charge in [-0.2, -0.15) is 10.4 Å². The summed E-state index contributed by atoms with van der Waals surface area (Å²) in [5, 5.41) is 16.7. The number of methoxy groups -OCH3 is 1. The summed E-state index contributed by atoms with van der Waals surface area (Å²) in [7, 11) is 1.56. The van der Waals surface area contributed by atoms with Gasteiger partial charge in [-0.3, -0.25) is 9.59 Å². The van der Waals surface area contributed by atoms with Crippen LogP contribution >= 0.6 is 11.8 Å². The second kappa shape index (κ2) is 13.8. The van der Waals surface area contributed by atoms with E-state index in [9.17, 15) is 14.9 Å². The number of pyridine rings is 1. The summed E-state index contributed by atoms with van der Waals surface area (Å²) in [6.07, 6.45) is 1.50. The average molecular weight is 518 g/mol. The van der Waals surface area contributed by atoms with Crippen molar-refractivity contribution >= 4 is 35.5 Å². The van der Waals surface area contributed by atoms with Crippen molar-refractivity contribution in [1.29, 1.82) is 5.26 Å². The molecule has 0 aliphatic carbocycles. The molecule has 0 unspecified atom stereocenters. The molecule has 0 aliphatic rings. The molecule has 2 amide bonds. The molecule has 190 valence electrons. The van der Waals surface area contributed by atoms with Crippen molar-refractivity contribution in [1.82, 2.24) is 10.4 Å². The summed E-state index contributed by atoms with van der Waals surface area (Å²) in [6, 6.07) is 18.4. The van der Waals surface area contributed by atoms with E-state index in [1.54, 1.807) is 37.4 Å². The van der Waals surface area contributed by atoms with Crippen LogP contribution in [0.1, 0.15) is 27.9 Å². The summed E-state index contributed by atoms with van der Waals surface area (Å²) in [4.78, 5) is 28.7. The Kier molecular flexibility index (Phi) is 10.2. The van der Waals surface area contributed by atoms with Crippen molar-refractivity contribution in [3.63, 3.8) is 0 Å². The molecule has 2 N–H and O–H groups in total. The van der Waals surface area contributed by atoms with Crippen LogP contribution in [0.25, 0.3) is 0 Å². The van der Waals surface area contributed by atoms with Gasteiger partial charge >= 0.3 is 0 Å². The standard InChI is InChI=1S/C27H27N5O4S/c1-18-5-4-6-22(11-18)31-25(33)16-36-23-9-7-20(8-10-23)14-29-32-26(34)17-37-27-24(13-28)21(15-35-3)12-19(2)30-27/h4-12,14H,15-17H2,1-3H3,(H,31,33)(H,32,34)/b29-14-. The molecule has 10 heteroatoms. The van der Waals surface area contributed by atoms with E-state index in [1.165, 1.54) is 18.0 Å². The fourth-order valence-electron chi connectivity index (χ4n) is 3.27. The van der Waals surface area contributed by atoms with E-state index in [4.69, 9.17) is 9.47 Å². The second-order valence-electron chi connectivity index (χ2n) is 8.00. The molecule has 0 saturated carbocycles. The molecular weight excluding hydrogens is 490 g/mol. The van der Waals surface area contributed by atoms with Crippen LogP contribution < -0.4 is 15.5 Å². The minimum atomic E-state index is -0.332. The lowest BCUT2D eigenvalue weighted by Gasteiger charge is -2.09. The summed E-state index contributed by atoms with van der Waals surface area (Å²) in [6.45, 7) is 3.95. The maximum absolute atomic E-state index is 12.2. The predicted molar refractivity (Wildman–Crippen MR) is 143 cm³/mol. The molecule has 1 heterocycles. The number of thioether (sulfide) groups is 1. The molecule has 0 fully saturated rings. The highest BCUT2D eigenvalue weighted by atomic mass is 32.2. The van der Waals surface area contributed by atoms with Gasteiger partial charge in [0.15, 0.2) is 6.61 Å². The van der Waals surface area contributed by atoms with Crippen LogP contribution in [-0.2, 0) is 20.9 Å². The number of aromatic nitrogens is 1. The Hall–Kier alpha value is -4.20. The van der Waals surface area contributed by atoms with Crippen LogP contribution in [0, 0.1) is 25.2 Å². The van der Waals surface area contributed by atoms with E-state index in [-0.39, 0.29) is 24.2 Å². The highest BCUT2D eigenvalue weighted by Gasteiger charge is 2.13. The Morgan fingerprint density at radius 3 is 2.62 bits per heavy atom. The van der Waals surface area contributed by atoms with Gasteiger partial charge in [0.1, 0.15) is 16.8 Å². The maximum atomic E-state index is 12.2. The zero-order chi connectivity index (χ0) is 26.6. The summed E-state index contributed by atoms with van der Waals surface area (Å²) >= 11 is 1.17. The maximum Gasteiger partial charge on any atom is 0.262 e. The molecular formula is C27H27N5O4S. The molecule has 9 nitrogen and oxygen atoms in total. The number of benzene rings is 2. The average Bonchev–Trinajstić information content (AvgIpc) is 2.87. The number of nitriles is 1. The minimum absolute atomic E-state index is 0.0479. The predicted octanol–water partition coefficient (Wildman–Crippen LogP) is 3.98. The van der Waals surface area contributed by atoms with Gasteiger partial charge in [-0.05, 0) is 73.0 Å². The molecule has 0 saturated heterocycles. The number of ether oxygens (including phenoxy) is 2. The lowest BCUT2D eigenvalue weighted by Crippen LogP contribution is -2.20. The number of aryl methyl sites for hydroxylation is 2. The molecule has 0 aliphatic heterocycles. The van der Waals surface area contributed by atoms with Crippen molar-refractivity contribution in [2.45, 2.75) is 25.5 Å². The molecule has 0 spiro atoms. The zero-order valence-electron chi connectivity index (χ0n) is 20.8. The Morgan fingerprint density at radius 1 is 1.14 bits per heavy atom. The SMILES string of the molecule is COCc1cc(C)nc(SCC(=O)N/N=C\c2ccc(OCC(=O)Nc3cccc(C)c3)cc2)c1C#N. The first-order valence-electron chi connectivity index (χ1n) is 11.3. The first-order valence-corrected chi connectivity index (χ1v) is 12.3. The quantitative estimate of drug-likeness (QED) is 0.224. The van der Waals surface area contributed by atoms with E-state index < -0.39 is 0 Å². The van der Waals surface area contributed by atoms with Gasteiger partial charge in [0.25, 0.3) is 5.91 Å². The van der Waals surface area contributed by atoms with Crippen molar-refractivity contribution in [3.05, 3.63) is 82.5 Å². The van der Waals surface area contributed by atoms with Gasteiger partial charge in [-0.25, -0.2) is 10.4 Å². The summed E-state index contributed by atoms with van der Waals surface area (Å²) < 4.78 is 10.7. The lowest BCUT2D eigenvalue weighted by molar-refractivity contribution is -0.119. The molecule has 3 aromatic rings. The third kappa shape index (κ3) is 8.75. The number of nitrogens with zero attached hydrogens (tertiary/aromatic N) is 3. The van der Waals surface area contributed by atoms with Crippen LogP contribution in [0.5, 0.6) is 5.75 Å². The van der Waals surface area contributed by atoms with Gasteiger partial charge in [0, 0.05) is 18.5 Å². The molecule has 0 atom stereocenters. The van der Waals surface area contributed by atoms with Gasteiger partial charge < -0.3 is 14.8 Å². The number of nitrogens with one attached hydrogen (secondary N) is 2. The van der Waals surface area contributed by atoms with E-state index >= 15 is 0 Å². The van der Waals surface area contributed by atoms with Gasteiger partial charge in [0.05, 0.1) is 24.1 Å². The van der Waals surface area contributed by atoms with E-state index in [2.05, 4.69) is 26.9 Å². The Balaban J connectivity index is 1.45. The first-order chi connectivity index (χ1) is 17.9. The number of carbonyl (C=O) groups is 2. The highest BCUT2D eigenvalue weighted by Crippen LogP contribution is 2.24. The van der Waals surface area contributed by atoms with Crippen LogP contribution in [0.3, 0.4) is 0 Å². The van der Waals surface area contributed by atoms with Gasteiger partial charge in [0.2, 0.25) is 5.91 Å². The summed E-state index contributed by atoms with van der Waals surface area (Å²) in [5.41, 5.74) is 6.86. The number of carbonyl (C=O) groups excluding carboxylic acids is 2. The van der Waals surface area contributed by atoms with Crippen molar-refractivity contribution in [2.75, 3.05) is 24.8 Å². The largest absolute Gasteiger partial charge is 0.484 e. The first kappa shape index (κ1) is 27.4. The number of hydrogen-bond acceptors (Lipinski definition) is 8. The Morgan fingerprint density at radius 2 is 1.92 bits per heavy atom. The van der Waals surface area contributed by atoms with E-state index in [1.807, 2.05) is 38.1 Å². The second-order valence-corrected chi connectivity index (χ2v) is 8.97. The fraction of sp³-hybridized carbons (Fsp3) is 0.222. The number of amides is 2. The topological polar surface area (TPSA) is 126 Å². The van der Waals surface area contributed by atoms with Gasteiger partial charge in [-0.1, -0.05) is 23.9 Å². The Bertz CT molecular complexity index is 1320. The molecule has 0 radical (unpaired) electrons. The zero-order valence-corrected chi connectivity index (χ0v) is 21.6. The summed E-state index contributed by atoms with van der Waals surface area (Å²) in [5.74, 6) is -0.00804. The number of hydrazone groups is 1. The van der Waals surface area contributed by atoms with E-state index in [0.29, 0.717) is 22.9 Å². The van der Waals surface area contributed by atoms with E-state index in [0.717, 1.165) is 28.1 Å². The molecule has 0 bridgehead atoms. The monoisotopic (exact) mass is 517 g/mol. The number of anilines is 1. The van der Waals surface area contributed by atoms with Gasteiger partial charge in [-0.15, -0.1) is 0 Å². The molecule has 2 aromatic carbocycles. The normalized spacial score (nSPS) is 10.6. The van der Waals surface area contributed by atoms with Crippen LogP contribution in [0.4, 0.5) is 5.69 Å². The smallest absolute Gasteiger partial charge is 0.262 e. The number of rotatable bonds is 11. The third-order valence-electron chi connectivity index (χ3n) is 4.90. The molecule has 37 heavy (non-hydrogen) atoms.